The highest BCUT2D eigenvalue weighted by molar-refractivity contribution is 6.39. The number of aliphatic hydroxyl groups excluding tert-OH is 1. The van der Waals surface area contributed by atoms with Crippen LogP contribution in [-0.4, -0.2) is 127 Å². The molecule has 0 aromatic heterocycles. The van der Waals surface area contributed by atoms with Crippen LogP contribution in [0.3, 0.4) is 0 Å². The number of aldehydes is 1. The predicted molar refractivity (Wildman–Crippen MR) is 249 cm³/mol. The van der Waals surface area contributed by atoms with E-state index in [0.717, 1.165) is 12.0 Å². The van der Waals surface area contributed by atoms with Crippen molar-refractivity contribution in [1.29, 1.82) is 0 Å². The number of methoxy groups -OCH3 is 3. The van der Waals surface area contributed by atoms with Gasteiger partial charge in [-0.1, -0.05) is 76.6 Å². The molecule has 0 radical (unpaired) electrons. The molecule has 1 amide bonds. The molecule has 3 fully saturated rings. The molecule has 1 unspecified atom stereocenters. The monoisotopic (exact) mass is 926 g/mol. The van der Waals surface area contributed by atoms with Crippen molar-refractivity contribution < 1.29 is 62.7 Å². The molecule has 4 aliphatic rings. The fourth-order valence-corrected chi connectivity index (χ4v) is 10.3. The number of carbonyl (C=O) groups excluding carboxylic acids is 6. The van der Waals surface area contributed by atoms with Crippen molar-refractivity contribution in [3.63, 3.8) is 0 Å². The van der Waals surface area contributed by atoms with E-state index < -0.39 is 83.7 Å². The first-order chi connectivity index (χ1) is 31.3. The molecule has 1 saturated carbocycles. The molecular formula is C52H79NO13. The highest BCUT2D eigenvalue weighted by Gasteiger charge is 2.53. The fraction of sp³-hybridized carbons (Fsp3) is 0.731. The Balaban J connectivity index is 1.72. The molecule has 0 aromatic carbocycles. The minimum absolute atomic E-state index is 0.0124. The summed E-state index contributed by atoms with van der Waals surface area (Å²) in [5, 5.41) is 22.4. The number of cyclic esters (lactones) is 1. The van der Waals surface area contributed by atoms with Gasteiger partial charge < -0.3 is 43.6 Å². The summed E-state index contributed by atoms with van der Waals surface area (Å²) in [7, 11) is 4.54. The van der Waals surface area contributed by atoms with E-state index in [1.54, 1.807) is 41.1 Å². The number of hydrogen-bond acceptors (Lipinski definition) is 13. The van der Waals surface area contributed by atoms with Crippen molar-refractivity contribution in [3.8, 4) is 0 Å². The number of hydrogen-bond donors (Lipinski definition) is 2. The second-order valence-electron chi connectivity index (χ2n) is 19.8. The number of fused-ring (bicyclic) bond motifs is 3. The van der Waals surface area contributed by atoms with Gasteiger partial charge in [0.2, 0.25) is 5.79 Å². The number of ketones is 3. The largest absolute Gasteiger partial charge is 0.460 e. The second-order valence-corrected chi connectivity index (χ2v) is 19.8. The molecule has 1 aliphatic carbocycles. The van der Waals surface area contributed by atoms with E-state index in [-0.39, 0.29) is 54.8 Å². The lowest BCUT2D eigenvalue weighted by Crippen LogP contribution is -2.61. The Bertz CT molecular complexity index is 1800. The van der Waals surface area contributed by atoms with E-state index in [0.29, 0.717) is 69.6 Å². The van der Waals surface area contributed by atoms with Crippen LogP contribution in [0.15, 0.2) is 47.6 Å². The van der Waals surface area contributed by atoms with Crippen LogP contribution < -0.4 is 0 Å². The molecule has 14 heteroatoms. The zero-order valence-electron chi connectivity index (χ0n) is 41.1. The van der Waals surface area contributed by atoms with Gasteiger partial charge in [-0.25, -0.2) is 4.79 Å². The summed E-state index contributed by atoms with van der Waals surface area (Å²) in [5.41, 5.74) is 1.37. The van der Waals surface area contributed by atoms with Crippen molar-refractivity contribution in [1.82, 2.24) is 4.90 Å². The lowest BCUT2D eigenvalue weighted by atomic mass is 9.78. The number of ether oxygens (including phenoxy) is 5. The third-order valence-electron chi connectivity index (χ3n) is 14.7. The molecule has 14 nitrogen and oxygen atoms in total. The topological polar surface area (TPSA) is 192 Å². The Morgan fingerprint density at radius 1 is 0.879 bits per heavy atom. The van der Waals surface area contributed by atoms with Gasteiger partial charge in [-0.3, -0.25) is 19.2 Å². The summed E-state index contributed by atoms with van der Waals surface area (Å²) in [6.45, 7) is 12.8. The molecule has 3 heterocycles. The maximum Gasteiger partial charge on any atom is 0.329 e. The van der Waals surface area contributed by atoms with Crippen LogP contribution in [0.2, 0.25) is 0 Å². The molecule has 0 aromatic rings. The lowest BCUT2D eigenvalue weighted by Gasteiger charge is -2.42. The van der Waals surface area contributed by atoms with E-state index in [2.05, 4.69) is 0 Å². The number of amides is 1. The van der Waals surface area contributed by atoms with E-state index in [1.165, 1.54) is 12.0 Å². The van der Waals surface area contributed by atoms with E-state index >= 15 is 0 Å². The Morgan fingerprint density at radius 2 is 1.61 bits per heavy atom. The van der Waals surface area contributed by atoms with Gasteiger partial charge >= 0.3 is 5.97 Å². The normalized spacial score (nSPS) is 38.6. The van der Waals surface area contributed by atoms with Gasteiger partial charge in [0.05, 0.1) is 30.3 Å². The fourth-order valence-electron chi connectivity index (χ4n) is 10.3. The van der Waals surface area contributed by atoms with Gasteiger partial charge in [0.1, 0.15) is 30.3 Å². The summed E-state index contributed by atoms with van der Waals surface area (Å²) < 4.78 is 29.5. The molecule has 0 spiro atoms. The van der Waals surface area contributed by atoms with Crippen LogP contribution in [0.1, 0.15) is 126 Å². The second kappa shape index (κ2) is 25.6. The average molecular weight is 926 g/mol. The smallest absolute Gasteiger partial charge is 0.329 e. The summed E-state index contributed by atoms with van der Waals surface area (Å²) in [6.07, 6.45) is 13.2. The van der Waals surface area contributed by atoms with Crippen molar-refractivity contribution >= 4 is 35.5 Å². The van der Waals surface area contributed by atoms with Crippen LogP contribution in [0.4, 0.5) is 0 Å². The predicted octanol–water partition coefficient (Wildman–Crippen LogP) is 6.63. The first-order valence-corrected chi connectivity index (χ1v) is 24.2. The number of esters is 1. The molecule has 370 valence electrons. The zero-order chi connectivity index (χ0) is 48.9. The first kappa shape index (κ1) is 54.9. The summed E-state index contributed by atoms with van der Waals surface area (Å²) in [6, 6.07) is -1.15. The molecular weight excluding hydrogens is 847 g/mol. The number of rotatable bonds is 7. The van der Waals surface area contributed by atoms with Crippen LogP contribution in [0.25, 0.3) is 0 Å². The van der Waals surface area contributed by atoms with Gasteiger partial charge in [0, 0.05) is 58.5 Å². The van der Waals surface area contributed by atoms with Crippen molar-refractivity contribution in [2.75, 3.05) is 27.9 Å². The van der Waals surface area contributed by atoms with Gasteiger partial charge in [0.25, 0.3) is 11.7 Å². The first-order valence-electron chi connectivity index (χ1n) is 24.2. The SMILES string of the molecule is CO[C@H]1C[C@@H]2CC[C@@H](C)[C@@](O)(O2)C(=O)C(=O)N2CCCC[C@H]2C(=O)O[C@H]([C@H](C)C[C@@H]2CC[C@@H](O)[C@H](OC)C2)CC(=O)[C@H](C)/C=C(\C)[C@@H](C=O)[C@@H](OC)C(=O)C(C)C[C@H](C)/C=C/C=CC=C1C. The van der Waals surface area contributed by atoms with E-state index in [4.69, 9.17) is 23.7 Å². The number of piperidine rings is 1. The molecule has 15 atom stereocenters. The Hall–Kier alpha value is -3.66. The third kappa shape index (κ3) is 14.2. The highest BCUT2D eigenvalue weighted by Crippen LogP contribution is 2.38. The highest BCUT2D eigenvalue weighted by atomic mass is 16.6. The summed E-state index contributed by atoms with van der Waals surface area (Å²) in [4.78, 5) is 84.7. The van der Waals surface area contributed by atoms with Gasteiger partial charge in [0.15, 0.2) is 5.78 Å². The van der Waals surface area contributed by atoms with Crippen LogP contribution in [-0.2, 0) is 52.5 Å². The van der Waals surface area contributed by atoms with Crippen molar-refractivity contribution in [2.45, 2.75) is 174 Å². The Kier molecular flexibility index (Phi) is 21.3. The number of carbonyl (C=O) groups is 6. The molecule has 3 aliphatic heterocycles. The zero-order valence-corrected chi connectivity index (χ0v) is 41.1. The standard InChI is InChI=1S/C52H79NO13/c1-31-16-12-11-13-17-32(2)44(62-8)28-39-21-19-37(7)52(61,66-39)49(58)50(59)53-23-15-14-18-41(53)51(60)65-45(35(5)26-38-20-22-42(55)46(27-38)63-9)29-43(56)34(4)25-33(3)40(30-54)48(64-10)47(57)36(6)24-31/h11-13,16-17,25,30-31,34-42,44-46,48,55,61H,14-15,18-24,26-29H2,1-10H3/b13-11?,16-12+,32-17?,33-25+/t31-,34-,35-,36?,37-,38+,39+,40-,41+,42-,44+,45+,46-,48-,52-/m1/s1. The van der Waals surface area contributed by atoms with Crippen LogP contribution in [0.5, 0.6) is 0 Å². The van der Waals surface area contributed by atoms with E-state index in [9.17, 15) is 39.0 Å². The summed E-state index contributed by atoms with van der Waals surface area (Å²) in [5.74, 6) is -8.90. The third-order valence-corrected chi connectivity index (χ3v) is 14.7. The van der Waals surface area contributed by atoms with Gasteiger partial charge in [-0.05, 0) is 101 Å². The minimum Gasteiger partial charge on any atom is -0.460 e. The number of allylic oxidation sites excluding steroid dienone is 6. The molecule has 4 rings (SSSR count). The molecule has 66 heavy (non-hydrogen) atoms. The maximum atomic E-state index is 14.4. The Labute approximate surface area is 392 Å². The van der Waals surface area contributed by atoms with Gasteiger partial charge in [-0.2, -0.15) is 0 Å². The van der Waals surface area contributed by atoms with Crippen LogP contribution >= 0.6 is 0 Å². The Morgan fingerprint density at radius 3 is 2.27 bits per heavy atom. The van der Waals surface area contributed by atoms with Crippen LogP contribution in [0, 0.1) is 41.4 Å². The number of Topliss-reactive ketones (excluding diaryl/α,β-unsaturated/α-hetero) is 3. The quantitative estimate of drug-likeness (QED) is 0.120. The molecule has 2 bridgehead atoms. The summed E-state index contributed by atoms with van der Waals surface area (Å²) >= 11 is 0. The maximum absolute atomic E-state index is 14.4. The number of nitrogens with zero attached hydrogens (tertiary/aromatic N) is 1. The van der Waals surface area contributed by atoms with Crippen molar-refractivity contribution in [3.05, 3.63) is 47.6 Å². The molecule has 2 N–H and O–H groups in total. The average Bonchev–Trinajstić information content (AvgIpc) is 3.29. The van der Waals surface area contributed by atoms with Gasteiger partial charge in [-0.15, -0.1) is 0 Å². The van der Waals surface area contributed by atoms with E-state index in [1.807, 2.05) is 58.1 Å². The number of aliphatic hydroxyl groups is 2. The minimum atomic E-state index is -2.43. The van der Waals surface area contributed by atoms with Crippen molar-refractivity contribution in [2.24, 2.45) is 41.4 Å². The lowest BCUT2D eigenvalue weighted by molar-refractivity contribution is -0.265. The molecule has 2 saturated heterocycles.